The predicted octanol–water partition coefficient (Wildman–Crippen LogP) is -1.93. The van der Waals surface area contributed by atoms with Crippen LogP contribution in [0.25, 0.3) is 0 Å². The molecule has 2 N–H and O–H groups in total. The lowest BCUT2D eigenvalue weighted by molar-refractivity contribution is -0.147. The minimum atomic E-state index is -0.347. The molecule has 0 amide bonds. The Morgan fingerprint density at radius 3 is 1.62 bits per heavy atom. The highest BCUT2D eigenvalue weighted by Gasteiger charge is 2.19. The van der Waals surface area contributed by atoms with Gasteiger partial charge in [-0.2, -0.15) is 0 Å². The summed E-state index contributed by atoms with van der Waals surface area (Å²) in [4.78, 5) is 26.9. The van der Waals surface area contributed by atoms with Crippen molar-refractivity contribution in [2.24, 2.45) is 0 Å². The van der Waals surface area contributed by atoms with Crippen LogP contribution < -0.4 is 0 Å². The zero-order chi connectivity index (χ0) is 15.5. The van der Waals surface area contributed by atoms with Crippen molar-refractivity contribution >= 4 is 11.9 Å². The Morgan fingerprint density at radius 2 is 1.24 bits per heavy atom. The van der Waals surface area contributed by atoms with E-state index in [-0.39, 0.29) is 51.5 Å². The second-order valence-electron chi connectivity index (χ2n) is 4.79. The number of ether oxygens (including phenoxy) is 2. The zero-order valence-electron chi connectivity index (χ0n) is 12.2. The second kappa shape index (κ2) is 10.5. The fraction of sp³-hybridized carbons (Fsp3) is 0.846. The molecule has 1 aliphatic heterocycles. The molecular formula is C13H24N2O6. The number of aliphatic hydroxyl groups excluding tert-OH is 2. The molecule has 0 bridgehead atoms. The highest BCUT2D eigenvalue weighted by molar-refractivity contribution is 5.72. The SMILES string of the molecule is O=C(CN1CCCN(CC(=O)OCCO)CC1)OCCO. The van der Waals surface area contributed by atoms with Gasteiger partial charge in [-0.15, -0.1) is 0 Å². The predicted molar refractivity (Wildman–Crippen MR) is 73.6 cm³/mol. The van der Waals surface area contributed by atoms with Crippen LogP contribution >= 0.6 is 0 Å². The molecular weight excluding hydrogens is 280 g/mol. The molecule has 1 saturated heterocycles. The van der Waals surface area contributed by atoms with Gasteiger partial charge in [0.1, 0.15) is 13.2 Å². The maximum atomic E-state index is 11.5. The third-order valence-electron chi connectivity index (χ3n) is 3.10. The van der Waals surface area contributed by atoms with E-state index in [1.807, 2.05) is 9.80 Å². The van der Waals surface area contributed by atoms with Crippen LogP contribution in [0.5, 0.6) is 0 Å². The van der Waals surface area contributed by atoms with Gasteiger partial charge in [-0.1, -0.05) is 0 Å². The summed E-state index contributed by atoms with van der Waals surface area (Å²) in [7, 11) is 0. The highest BCUT2D eigenvalue weighted by Crippen LogP contribution is 2.03. The maximum Gasteiger partial charge on any atom is 0.320 e. The molecule has 0 unspecified atom stereocenters. The first kappa shape index (κ1) is 17.8. The number of carbonyl (C=O) groups is 2. The average Bonchev–Trinajstić information content (AvgIpc) is 2.68. The van der Waals surface area contributed by atoms with Gasteiger partial charge in [-0.05, 0) is 6.42 Å². The van der Waals surface area contributed by atoms with Crippen molar-refractivity contribution in [1.29, 1.82) is 0 Å². The summed E-state index contributed by atoms with van der Waals surface area (Å²) in [6.07, 6.45) is 0.848. The van der Waals surface area contributed by atoms with Crippen LogP contribution in [0.1, 0.15) is 6.42 Å². The number of hydrogen-bond donors (Lipinski definition) is 2. The van der Waals surface area contributed by atoms with E-state index in [9.17, 15) is 9.59 Å². The first-order valence-electron chi connectivity index (χ1n) is 7.13. The van der Waals surface area contributed by atoms with Crippen molar-refractivity contribution in [3.05, 3.63) is 0 Å². The number of aliphatic hydroxyl groups is 2. The van der Waals surface area contributed by atoms with E-state index in [1.54, 1.807) is 0 Å². The minimum Gasteiger partial charge on any atom is -0.462 e. The monoisotopic (exact) mass is 304 g/mol. The van der Waals surface area contributed by atoms with Gasteiger partial charge in [0, 0.05) is 26.2 Å². The molecule has 0 atom stereocenters. The van der Waals surface area contributed by atoms with E-state index >= 15 is 0 Å². The molecule has 122 valence electrons. The number of rotatable bonds is 8. The van der Waals surface area contributed by atoms with Crippen LogP contribution in [-0.4, -0.2) is 97.6 Å². The summed E-state index contributed by atoms with van der Waals surface area (Å²) in [6, 6.07) is 0. The molecule has 21 heavy (non-hydrogen) atoms. The van der Waals surface area contributed by atoms with Crippen molar-refractivity contribution in [1.82, 2.24) is 9.80 Å². The Hall–Kier alpha value is -1.22. The quantitative estimate of drug-likeness (QED) is 0.500. The Labute approximate surface area is 124 Å². The summed E-state index contributed by atoms with van der Waals surface area (Å²) in [5.41, 5.74) is 0. The lowest BCUT2D eigenvalue weighted by Crippen LogP contribution is -2.37. The standard InChI is InChI=1S/C13H24N2O6/c16-6-8-20-12(18)10-14-2-1-3-15(5-4-14)11-13(19)21-9-7-17/h16-17H,1-11H2. The molecule has 8 nitrogen and oxygen atoms in total. The fourth-order valence-electron chi connectivity index (χ4n) is 2.12. The van der Waals surface area contributed by atoms with Crippen LogP contribution in [0.2, 0.25) is 0 Å². The van der Waals surface area contributed by atoms with Crippen molar-refractivity contribution in [3.63, 3.8) is 0 Å². The van der Waals surface area contributed by atoms with Crippen molar-refractivity contribution < 1.29 is 29.3 Å². The minimum absolute atomic E-state index is 0.0233. The molecule has 1 rings (SSSR count). The van der Waals surface area contributed by atoms with Gasteiger partial charge in [-0.3, -0.25) is 19.4 Å². The summed E-state index contributed by atoms with van der Waals surface area (Å²) >= 11 is 0. The van der Waals surface area contributed by atoms with E-state index in [0.29, 0.717) is 13.1 Å². The lowest BCUT2D eigenvalue weighted by Gasteiger charge is -2.20. The van der Waals surface area contributed by atoms with E-state index < -0.39 is 0 Å². The van der Waals surface area contributed by atoms with Gasteiger partial charge in [0.05, 0.1) is 26.3 Å². The van der Waals surface area contributed by atoms with Crippen LogP contribution in [-0.2, 0) is 19.1 Å². The Balaban J connectivity index is 2.26. The molecule has 0 aromatic carbocycles. The fourth-order valence-corrected chi connectivity index (χ4v) is 2.12. The Bertz CT molecular complexity index is 296. The maximum absolute atomic E-state index is 11.5. The van der Waals surface area contributed by atoms with Gasteiger partial charge < -0.3 is 19.7 Å². The van der Waals surface area contributed by atoms with Crippen molar-refractivity contribution in [3.8, 4) is 0 Å². The Morgan fingerprint density at radius 1 is 0.810 bits per heavy atom. The molecule has 0 aromatic heterocycles. The molecule has 1 fully saturated rings. The summed E-state index contributed by atoms with van der Waals surface area (Å²) in [5, 5.41) is 17.2. The topological polar surface area (TPSA) is 99.5 Å². The van der Waals surface area contributed by atoms with Crippen molar-refractivity contribution in [2.75, 3.05) is 65.7 Å². The van der Waals surface area contributed by atoms with Gasteiger partial charge in [-0.25, -0.2) is 0 Å². The van der Waals surface area contributed by atoms with E-state index in [2.05, 4.69) is 0 Å². The molecule has 1 heterocycles. The first-order chi connectivity index (χ1) is 10.2. The van der Waals surface area contributed by atoms with Gasteiger partial charge in [0.25, 0.3) is 0 Å². The number of esters is 2. The smallest absolute Gasteiger partial charge is 0.320 e. The molecule has 0 radical (unpaired) electrons. The zero-order valence-corrected chi connectivity index (χ0v) is 12.2. The molecule has 8 heteroatoms. The van der Waals surface area contributed by atoms with Crippen LogP contribution in [0.4, 0.5) is 0 Å². The van der Waals surface area contributed by atoms with Gasteiger partial charge in [0.2, 0.25) is 0 Å². The van der Waals surface area contributed by atoms with E-state index in [0.717, 1.165) is 19.5 Å². The highest BCUT2D eigenvalue weighted by atomic mass is 16.5. The van der Waals surface area contributed by atoms with Crippen LogP contribution in [0, 0.1) is 0 Å². The van der Waals surface area contributed by atoms with Crippen LogP contribution in [0.15, 0.2) is 0 Å². The second-order valence-corrected chi connectivity index (χ2v) is 4.79. The van der Waals surface area contributed by atoms with Gasteiger partial charge >= 0.3 is 11.9 Å². The number of nitrogens with zero attached hydrogens (tertiary/aromatic N) is 2. The molecule has 0 aromatic rings. The third-order valence-corrected chi connectivity index (χ3v) is 3.10. The lowest BCUT2D eigenvalue weighted by atomic mass is 10.4. The largest absolute Gasteiger partial charge is 0.462 e. The van der Waals surface area contributed by atoms with Gasteiger partial charge in [0.15, 0.2) is 0 Å². The summed E-state index contributed by atoms with van der Waals surface area (Å²) < 4.78 is 9.66. The summed E-state index contributed by atoms with van der Waals surface area (Å²) in [5.74, 6) is -0.695. The molecule has 1 aliphatic rings. The number of hydrogen-bond acceptors (Lipinski definition) is 8. The third kappa shape index (κ3) is 7.96. The molecule has 0 aliphatic carbocycles. The normalized spacial score (nSPS) is 17.2. The van der Waals surface area contributed by atoms with E-state index in [1.165, 1.54) is 0 Å². The van der Waals surface area contributed by atoms with Crippen LogP contribution in [0.3, 0.4) is 0 Å². The Kier molecular flexibility index (Phi) is 8.91. The van der Waals surface area contributed by atoms with Crippen molar-refractivity contribution in [2.45, 2.75) is 6.42 Å². The summed E-state index contributed by atoms with van der Waals surface area (Å²) in [6.45, 7) is 2.96. The van der Waals surface area contributed by atoms with E-state index in [4.69, 9.17) is 19.7 Å². The molecule has 0 saturated carbocycles. The average molecular weight is 304 g/mol. The number of carbonyl (C=O) groups excluding carboxylic acids is 2. The molecule has 0 spiro atoms. The first-order valence-corrected chi connectivity index (χ1v) is 7.13.